The molecule has 0 aliphatic rings. The lowest BCUT2D eigenvalue weighted by atomic mass is 10.0. The summed E-state index contributed by atoms with van der Waals surface area (Å²) in [4.78, 5) is 24.1. The molecule has 6 nitrogen and oxygen atoms in total. The second kappa shape index (κ2) is 9.01. The topological polar surface area (TPSA) is 90.8 Å². The summed E-state index contributed by atoms with van der Waals surface area (Å²) in [7, 11) is 0. The van der Waals surface area contributed by atoms with Crippen LogP contribution in [-0.2, 0) is 9.59 Å². The van der Waals surface area contributed by atoms with Crippen molar-refractivity contribution < 1.29 is 14.7 Å². The predicted octanol–water partition coefficient (Wildman–Crippen LogP) is 4.03. The Labute approximate surface area is 169 Å². The van der Waals surface area contributed by atoms with E-state index in [-0.39, 0.29) is 30.4 Å². The summed E-state index contributed by atoms with van der Waals surface area (Å²) in [6.45, 7) is 3.91. The van der Waals surface area contributed by atoms with E-state index in [1.54, 1.807) is 6.07 Å². The number of anilines is 1. The van der Waals surface area contributed by atoms with Gasteiger partial charge in [0.05, 0.1) is 6.21 Å². The van der Waals surface area contributed by atoms with Crippen LogP contribution in [0.4, 0.5) is 5.69 Å². The molecule has 0 fully saturated rings. The molecule has 6 heteroatoms. The number of phenols is 1. The van der Waals surface area contributed by atoms with Gasteiger partial charge >= 0.3 is 0 Å². The van der Waals surface area contributed by atoms with Crippen LogP contribution in [0.3, 0.4) is 0 Å². The van der Waals surface area contributed by atoms with Crippen molar-refractivity contribution in [3.63, 3.8) is 0 Å². The number of phenolic OH excluding ortho intramolecular Hbond substituents is 1. The molecule has 0 aliphatic heterocycles. The maximum atomic E-state index is 12.1. The van der Waals surface area contributed by atoms with E-state index in [0.717, 1.165) is 27.6 Å². The van der Waals surface area contributed by atoms with Crippen molar-refractivity contribution in [3.8, 4) is 5.75 Å². The van der Waals surface area contributed by atoms with E-state index in [1.165, 1.54) is 6.21 Å². The summed E-state index contributed by atoms with van der Waals surface area (Å²) >= 11 is 0. The van der Waals surface area contributed by atoms with Gasteiger partial charge in [0.25, 0.3) is 0 Å². The lowest BCUT2D eigenvalue weighted by Gasteiger charge is -2.09. The van der Waals surface area contributed by atoms with Gasteiger partial charge in [0.15, 0.2) is 0 Å². The van der Waals surface area contributed by atoms with Crippen LogP contribution in [0.15, 0.2) is 59.7 Å². The minimum atomic E-state index is -0.378. The Kier molecular flexibility index (Phi) is 6.24. The first-order valence-electron chi connectivity index (χ1n) is 9.34. The van der Waals surface area contributed by atoms with Gasteiger partial charge in [-0.2, -0.15) is 5.10 Å². The zero-order chi connectivity index (χ0) is 20.8. The fourth-order valence-electron chi connectivity index (χ4n) is 3.04. The van der Waals surface area contributed by atoms with Crippen molar-refractivity contribution in [2.75, 3.05) is 5.32 Å². The number of aryl methyl sites for hydroxylation is 2. The quantitative estimate of drug-likeness (QED) is 0.439. The van der Waals surface area contributed by atoms with Crippen molar-refractivity contribution in [2.24, 2.45) is 5.10 Å². The molecular weight excluding hydrogens is 366 g/mol. The molecule has 0 heterocycles. The molecule has 0 atom stereocenters. The highest BCUT2D eigenvalue weighted by molar-refractivity contribution is 6.02. The molecule has 0 aliphatic carbocycles. The van der Waals surface area contributed by atoms with Crippen LogP contribution < -0.4 is 10.7 Å². The fraction of sp³-hybridized carbons (Fsp3) is 0.174. The number of amides is 2. The predicted molar refractivity (Wildman–Crippen MR) is 115 cm³/mol. The van der Waals surface area contributed by atoms with Gasteiger partial charge in [-0.15, -0.1) is 0 Å². The van der Waals surface area contributed by atoms with E-state index >= 15 is 0 Å². The molecule has 0 saturated carbocycles. The average molecular weight is 389 g/mol. The number of carbonyl (C=O) groups excluding carboxylic acids is 2. The first kappa shape index (κ1) is 20.1. The number of carbonyl (C=O) groups is 2. The van der Waals surface area contributed by atoms with Crippen LogP contribution in [0.5, 0.6) is 5.75 Å². The maximum absolute atomic E-state index is 12.1. The van der Waals surface area contributed by atoms with Gasteiger partial charge in [0.1, 0.15) is 5.75 Å². The first-order chi connectivity index (χ1) is 13.9. The lowest BCUT2D eigenvalue weighted by molar-refractivity contribution is -0.124. The number of hydrazone groups is 1. The Morgan fingerprint density at radius 3 is 2.55 bits per heavy atom. The van der Waals surface area contributed by atoms with E-state index in [1.807, 2.05) is 62.4 Å². The number of benzene rings is 3. The number of aromatic hydroxyl groups is 1. The summed E-state index contributed by atoms with van der Waals surface area (Å²) < 4.78 is 0. The van der Waals surface area contributed by atoms with Gasteiger partial charge in [-0.1, -0.05) is 48.0 Å². The molecule has 3 aromatic carbocycles. The normalized spacial score (nSPS) is 11.0. The molecule has 3 N–H and O–H groups in total. The molecule has 0 aromatic heterocycles. The van der Waals surface area contributed by atoms with Crippen LogP contribution in [0.1, 0.15) is 29.5 Å². The van der Waals surface area contributed by atoms with Gasteiger partial charge in [-0.3, -0.25) is 9.59 Å². The van der Waals surface area contributed by atoms with E-state index in [0.29, 0.717) is 5.56 Å². The zero-order valence-corrected chi connectivity index (χ0v) is 16.4. The van der Waals surface area contributed by atoms with Gasteiger partial charge in [0.2, 0.25) is 11.8 Å². The van der Waals surface area contributed by atoms with Crippen LogP contribution >= 0.6 is 0 Å². The molecule has 29 heavy (non-hydrogen) atoms. The van der Waals surface area contributed by atoms with E-state index in [9.17, 15) is 14.7 Å². The summed E-state index contributed by atoms with van der Waals surface area (Å²) in [5.41, 5.74) is 5.76. The number of rotatable bonds is 6. The molecule has 3 rings (SSSR count). The number of nitrogens with one attached hydrogen (secondary N) is 2. The van der Waals surface area contributed by atoms with Crippen molar-refractivity contribution in [1.82, 2.24) is 5.43 Å². The third kappa shape index (κ3) is 5.19. The van der Waals surface area contributed by atoms with E-state index in [4.69, 9.17) is 0 Å². The molecule has 0 spiro atoms. The van der Waals surface area contributed by atoms with E-state index in [2.05, 4.69) is 15.8 Å². The summed E-state index contributed by atoms with van der Waals surface area (Å²) in [5, 5.41) is 18.6. The Bertz CT molecular complexity index is 1090. The fourth-order valence-corrected chi connectivity index (χ4v) is 3.04. The average Bonchev–Trinajstić information content (AvgIpc) is 2.70. The van der Waals surface area contributed by atoms with Crippen molar-refractivity contribution in [1.29, 1.82) is 0 Å². The number of hydrogen-bond donors (Lipinski definition) is 3. The molecule has 0 unspecified atom stereocenters. The highest BCUT2D eigenvalue weighted by Crippen LogP contribution is 2.25. The highest BCUT2D eigenvalue weighted by atomic mass is 16.3. The van der Waals surface area contributed by atoms with Crippen molar-refractivity contribution in [2.45, 2.75) is 26.7 Å². The van der Waals surface area contributed by atoms with Gasteiger partial charge in [-0.25, -0.2) is 5.43 Å². The number of nitrogens with zero attached hydrogens (tertiary/aromatic N) is 1. The van der Waals surface area contributed by atoms with Crippen LogP contribution in [0.2, 0.25) is 0 Å². The van der Waals surface area contributed by atoms with Gasteiger partial charge < -0.3 is 10.4 Å². The Morgan fingerprint density at radius 2 is 1.76 bits per heavy atom. The SMILES string of the molecule is Cc1ccc(NC(=O)CCC(=O)NN=Cc2c(O)ccc3ccccc23)c(C)c1. The largest absolute Gasteiger partial charge is 0.507 e. The third-order valence-corrected chi connectivity index (χ3v) is 4.57. The summed E-state index contributed by atoms with van der Waals surface area (Å²) in [6, 6.07) is 16.7. The monoisotopic (exact) mass is 389 g/mol. The zero-order valence-electron chi connectivity index (χ0n) is 16.4. The smallest absolute Gasteiger partial charge is 0.240 e. The first-order valence-corrected chi connectivity index (χ1v) is 9.34. The van der Waals surface area contributed by atoms with Gasteiger partial charge in [-0.05, 0) is 42.3 Å². The summed E-state index contributed by atoms with van der Waals surface area (Å²) in [6.07, 6.45) is 1.47. The second-order valence-electron chi connectivity index (χ2n) is 6.88. The van der Waals surface area contributed by atoms with Crippen molar-refractivity contribution in [3.05, 3.63) is 71.3 Å². The number of hydrogen-bond acceptors (Lipinski definition) is 4. The highest BCUT2D eigenvalue weighted by Gasteiger charge is 2.09. The molecule has 3 aromatic rings. The molecule has 0 bridgehead atoms. The molecule has 0 saturated heterocycles. The van der Waals surface area contributed by atoms with Crippen molar-refractivity contribution >= 4 is 34.5 Å². The lowest BCUT2D eigenvalue weighted by Crippen LogP contribution is -2.21. The number of fused-ring (bicyclic) bond motifs is 1. The molecular formula is C23H23N3O3. The summed E-state index contributed by atoms with van der Waals surface area (Å²) in [5.74, 6) is -0.533. The minimum absolute atomic E-state index is 0.00953. The van der Waals surface area contributed by atoms with Gasteiger partial charge in [0, 0.05) is 24.1 Å². The maximum Gasteiger partial charge on any atom is 0.240 e. The minimum Gasteiger partial charge on any atom is -0.507 e. The van der Waals surface area contributed by atoms with E-state index < -0.39 is 0 Å². The molecule has 2 amide bonds. The van der Waals surface area contributed by atoms with Crippen LogP contribution in [-0.4, -0.2) is 23.1 Å². The molecule has 148 valence electrons. The van der Waals surface area contributed by atoms with Crippen LogP contribution in [0.25, 0.3) is 10.8 Å². The standard InChI is InChI=1S/C23H23N3O3/c1-15-7-9-20(16(2)13-15)25-22(28)11-12-23(29)26-24-14-19-18-6-4-3-5-17(18)8-10-21(19)27/h3-10,13-14,27H,11-12H2,1-2H3,(H,25,28)(H,26,29). The molecule has 0 radical (unpaired) electrons. The Morgan fingerprint density at radius 1 is 1.00 bits per heavy atom. The second-order valence-corrected chi connectivity index (χ2v) is 6.88. The van der Waals surface area contributed by atoms with Crippen LogP contribution in [0, 0.1) is 13.8 Å². The Hall–Kier alpha value is -3.67. The third-order valence-electron chi connectivity index (χ3n) is 4.57. The Balaban J connectivity index is 1.54.